The number of aromatic nitrogens is 2. The maximum atomic E-state index is 12.7. The molecule has 1 aromatic carbocycles. The quantitative estimate of drug-likeness (QED) is 0.580. The van der Waals surface area contributed by atoms with E-state index in [1.807, 2.05) is 37.3 Å². The van der Waals surface area contributed by atoms with Gasteiger partial charge in [-0.25, -0.2) is 0 Å². The normalized spacial score (nSPS) is 13.4. The molecular weight excluding hydrogens is 366 g/mol. The summed E-state index contributed by atoms with van der Waals surface area (Å²) in [7, 11) is 0. The number of ether oxygens (including phenoxy) is 1. The summed E-state index contributed by atoms with van der Waals surface area (Å²) in [6.07, 6.45) is 4.42. The van der Waals surface area contributed by atoms with Gasteiger partial charge in [-0.2, -0.15) is 0 Å². The lowest BCUT2D eigenvalue weighted by Gasteiger charge is -2.10. The lowest BCUT2D eigenvalue weighted by Crippen LogP contribution is -2.22. The van der Waals surface area contributed by atoms with Crippen LogP contribution in [-0.4, -0.2) is 16.1 Å². The maximum absolute atomic E-state index is 12.7. The van der Waals surface area contributed by atoms with Gasteiger partial charge in [-0.05, 0) is 36.8 Å². The number of pyridine rings is 2. The first-order chi connectivity index (χ1) is 14.2. The number of nitrogens with one attached hydrogen (secondary N) is 1. The third-order valence-electron chi connectivity index (χ3n) is 5.22. The van der Waals surface area contributed by atoms with Gasteiger partial charge in [0, 0.05) is 55.0 Å². The fraction of sp³-hybridized carbons (Fsp3) is 0.217. The molecule has 0 aliphatic carbocycles. The van der Waals surface area contributed by atoms with Crippen LogP contribution in [-0.2, 0) is 19.6 Å². The van der Waals surface area contributed by atoms with Crippen molar-refractivity contribution in [1.29, 1.82) is 0 Å². The van der Waals surface area contributed by atoms with E-state index in [1.165, 1.54) is 11.6 Å². The Hall–Kier alpha value is -3.38. The summed E-state index contributed by atoms with van der Waals surface area (Å²) < 4.78 is 13.3. The standard InChI is InChI=1S/C23H21N3O3/c1-15-2-3-16(25-12-15)14-28-18-7-9-26(23(27)11-18)17-4-5-19-20-13-24-8-6-21(20)29-22(19)10-17/h2-5,7,9-12,24H,6,8,13-14H2,1H3. The van der Waals surface area contributed by atoms with Gasteiger partial charge in [0.1, 0.15) is 23.7 Å². The summed E-state index contributed by atoms with van der Waals surface area (Å²) >= 11 is 0. The molecule has 146 valence electrons. The van der Waals surface area contributed by atoms with Crippen molar-refractivity contribution in [3.05, 3.63) is 87.8 Å². The molecule has 0 spiro atoms. The van der Waals surface area contributed by atoms with Gasteiger partial charge in [0.25, 0.3) is 5.56 Å². The lowest BCUT2D eigenvalue weighted by molar-refractivity contribution is 0.300. The highest BCUT2D eigenvalue weighted by Gasteiger charge is 2.17. The molecule has 0 fully saturated rings. The molecule has 6 heteroatoms. The fourth-order valence-electron chi connectivity index (χ4n) is 3.66. The van der Waals surface area contributed by atoms with Crippen LogP contribution in [0.5, 0.6) is 5.75 Å². The van der Waals surface area contributed by atoms with Crippen LogP contribution in [0, 0.1) is 6.92 Å². The molecule has 6 nitrogen and oxygen atoms in total. The first kappa shape index (κ1) is 17.7. The highest BCUT2D eigenvalue weighted by molar-refractivity contribution is 5.84. The van der Waals surface area contributed by atoms with E-state index >= 15 is 0 Å². The predicted octanol–water partition coefficient (Wildman–Crippen LogP) is 3.51. The molecule has 4 aromatic rings. The number of aryl methyl sites for hydroxylation is 1. The molecule has 1 aliphatic heterocycles. The molecule has 1 N–H and O–H groups in total. The molecule has 0 unspecified atom stereocenters. The maximum Gasteiger partial charge on any atom is 0.258 e. The molecule has 3 aromatic heterocycles. The number of rotatable bonds is 4. The summed E-state index contributed by atoms with van der Waals surface area (Å²) in [6, 6.07) is 13.1. The van der Waals surface area contributed by atoms with Gasteiger partial charge in [-0.15, -0.1) is 0 Å². The van der Waals surface area contributed by atoms with E-state index in [-0.39, 0.29) is 5.56 Å². The lowest BCUT2D eigenvalue weighted by atomic mass is 10.1. The van der Waals surface area contributed by atoms with Crippen molar-refractivity contribution in [3.63, 3.8) is 0 Å². The van der Waals surface area contributed by atoms with Crippen LogP contribution in [0.25, 0.3) is 16.7 Å². The average Bonchev–Trinajstić information content (AvgIpc) is 3.11. The molecule has 0 saturated carbocycles. The van der Waals surface area contributed by atoms with E-state index in [4.69, 9.17) is 9.15 Å². The highest BCUT2D eigenvalue weighted by Crippen LogP contribution is 2.29. The molecule has 0 atom stereocenters. The third kappa shape index (κ3) is 3.43. The zero-order chi connectivity index (χ0) is 19.8. The first-order valence-corrected chi connectivity index (χ1v) is 9.70. The van der Waals surface area contributed by atoms with Gasteiger partial charge in [0.2, 0.25) is 0 Å². The Bertz CT molecular complexity index is 1240. The minimum atomic E-state index is -0.156. The molecule has 1 aliphatic rings. The number of nitrogens with zero attached hydrogens (tertiary/aromatic N) is 2. The fourth-order valence-corrected chi connectivity index (χ4v) is 3.66. The number of hydrogen-bond donors (Lipinski definition) is 1. The van der Waals surface area contributed by atoms with Crippen molar-refractivity contribution in [3.8, 4) is 11.4 Å². The summed E-state index contributed by atoms with van der Waals surface area (Å²) in [5, 5.41) is 4.48. The van der Waals surface area contributed by atoms with Gasteiger partial charge >= 0.3 is 0 Å². The van der Waals surface area contributed by atoms with E-state index in [1.54, 1.807) is 23.0 Å². The zero-order valence-electron chi connectivity index (χ0n) is 16.1. The molecule has 0 amide bonds. The Morgan fingerprint density at radius 3 is 2.97 bits per heavy atom. The molecule has 0 saturated heterocycles. The predicted molar refractivity (Wildman–Crippen MR) is 111 cm³/mol. The third-order valence-corrected chi connectivity index (χ3v) is 5.22. The summed E-state index contributed by atoms with van der Waals surface area (Å²) in [5.74, 6) is 1.56. The number of benzene rings is 1. The molecule has 5 rings (SSSR count). The van der Waals surface area contributed by atoms with Crippen molar-refractivity contribution in [1.82, 2.24) is 14.9 Å². The van der Waals surface area contributed by atoms with E-state index in [0.29, 0.717) is 12.4 Å². The first-order valence-electron chi connectivity index (χ1n) is 9.70. The van der Waals surface area contributed by atoms with Gasteiger partial charge < -0.3 is 14.5 Å². The summed E-state index contributed by atoms with van der Waals surface area (Å²) in [6.45, 7) is 4.06. The van der Waals surface area contributed by atoms with Crippen molar-refractivity contribution in [2.75, 3.05) is 6.54 Å². The monoisotopic (exact) mass is 387 g/mol. The van der Waals surface area contributed by atoms with E-state index < -0.39 is 0 Å². The van der Waals surface area contributed by atoms with Crippen molar-refractivity contribution in [2.24, 2.45) is 0 Å². The molecular formula is C23H21N3O3. The van der Waals surface area contributed by atoms with Gasteiger partial charge in [-0.1, -0.05) is 6.07 Å². The van der Waals surface area contributed by atoms with Crippen molar-refractivity contribution >= 4 is 11.0 Å². The van der Waals surface area contributed by atoms with Crippen LogP contribution in [0.4, 0.5) is 0 Å². The topological polar surface area (TPSA) is 69.3 Å². The van der Waals surface area contributed by atoms with Crippen LogP contribution < -0.4 is 15.6 Å². The van der Waals surface area contributed by atoms with Crippen LogP contribution in [0.3, 0.4) is 0 Å². The van der Waals surface area contributed by atoms with Crippen LogP contribution in [0.15, 0.2) is 64.1 Å². The van der Waals surface area contributed by atoms with Gasteiger partial charge in [0.15, 0.2) is 0 Å². The Balaban J connectivity index is 1.39. The number of fused-ring (bicyclic) bond motifs is 3. The van der Waals surface area contributed by atoms with Crippen LogP contribution in [0.2, 0.25) is 0 Å². The summed E-state index contributed by atoms with van der Waals surface area (Å²) in [4.78, 5) is 17.0. The minimum Gasteiger partial charge on any atom is -0.487 e. The second kappa shape index (κ2) is 7.22. The molecule has 0 bridgehead atoms. The van der Waals surface area contributed by atoms with Gasteiger partial charge in [-0.3, -0.25) is 14.3 Å². The van der Waals surface area contributed by atoms with E-state index in [2.05, 4.69) is 10.3 Å². The average molecular weight is 387 g/mol. The number of furan rings is 1. The zero-order valence-corrected chi connectivity index (χ0v) is 16.1. The van der Waals surface area contributed by atoms with Crippen molar-refractivity contribution < 1.29 is 9.15 Å². The second-order valence-electron chi connectivity index (χ2n) is 7.30. The smallest absolute Gasteiger partial charge is 0.258 e. The Labute approximate surface area is 167 Å². The van der Waals surface area contributed by atoms with E-state index in [0.717, 1.165) is 53.2 Å². The molecule has 4 heterocycles. The van der Waals surface area contributed by atoms with Crippen LogP contribution in [0.1, 0.15) is 22.6 Å². The largest absolute Gasteiger partial charge is 0.487 e. The second-order valence-corrected chi connectivity index (χ2v) is 7.30. The Morgan fingerprint density at radius 2 is 2.14 bits per heavy atom. The summed E-state index contributed by atoms with van der Waals surface area (Å²) in [5.41, 5.74) is 4.57. The van der Waals surface area contributed by atoms with Gasteiger partial charge in [0.05, 0.1) is 11.4 Å². The Morgan fingerprint density at radius 1 is 1.21 bits per heavy atom. The minimum absolute atomic E-state index is 0.156. The molecule has 29 heavy (non-hydrogen) atoms. The Kier molecular flexibility index (Phi) is 4.41. The van der Waals surface area contributed by atoms with Crippen LogP contribution >= 0.6 is 0 Å². The van der Waals surface area contributed by atoms with Crippen molar-refractivity contribution in [2.45, 2.75) is 26.5 Å². The number of hydrogen-bond acceptors (Lipinski definition) is 5. The SMILES string of the molecule is Cc1ccc(COc2ccn(-c3ccc4c5c(oc4c3)CCNC5)c(=O)c2)nc1. The highest BCUT2D eigenvalue weighted by atomic mass is 16.5. The molecule has 0 radical (unpaired) electrons. The van der Waals surface area contributed by atoms with E-state index in [9.17, 15) is 4.79 Å².